The van der Waals surface area contributed by atoms with Crippen LogP contribution in [0, 0.1) is 5.92 Å². The Bertz CT molecular complexity index is 410. The number of hydrogen-bond acceptors (Lipinski definition) is 3. The van der Waals surface area contributed by atoms with Crippen LogP contribution in [0.25, 0.3) is 0 Å². The minimum absolute atomic E-state index is 0.159. The highest BCUT2D eigenvalue weighted by Crippen LogP contribution is 2.20. The van der Waals surface area contributed by atoms with Gasteiger partial charge in [-0.2, -0.15) is 0 Å². The van der Waals surface area contributed by atoms with Crippen molar-refractivity contribution in [3.8, 4) is 0 Å². The molecule has 1 aliphatic heterocycles. The van der Waals surface area contributed by atoms with E-state index in [0.717, 1.165) is 38.0 Å². The minimum Gasteiger partial charge on any atom is -0.343 e. The number of rotatable bonds is 2. The summed E-state index contributed by atoms with van der Waals surface area (Å²) in [5.41, 5.74) is 0.910. The van der Waals surface area contributed by atoms with Crippen molar-refractivity contribution < 1.29 is 4.79 Å². The van der Waals surface area contributed by atoms with E-state index in [1.165, 1.54) is 6.20 Å². The lowest BCUT2D eigenvalue weighted by atomic mass is 9.93. The average Bonchev–Trinajstić information content (AvgIpc) is 2.29. The van der Waals surface area contributed by atoms with Crippen molar-refractivity contribution >= 4 is 17.5 Å². The second-order valence-electron chi connectivity index (χ2n) is 4.51. The fourth-order valence-electron chi connectivity index (χ4n) is 2.29. The summed E-state index contributed by atoms with van der Waals surface area (Å²) in [7, 11) is 0. The first-order valence-electron chi connectivity index (χ1n) is 5.87. The number of carbonyl (C=O) groups is 1. The van der Waals surface area contributed by atoms with Gasteiger partial charge in [-0.3, -0.25) is 9.78 Å². The highest BCUT2D eigenvalue weighted by Gasteiger charge is 2.22. The summed E-state index contributed by atoms with van der Waals surface area (Å²) in [5.74, 6) is 0.632. The summed E-state index contributed by atoms with van der Waals surface area (Å²) >= 11 is 5.80. The van der Waals surface area contributed by atoms with E-state index in [2.05, 4.69) is 9.97 Å². The first kappa shape index (κ1) is 12.3. The first-order valence-corrected chi connectivity index (χ1v) is 6.25. The fraction of sp³-hybridized carbons (Fsp3) is 0.583. The van der Waals surface area contributed by atoms with Gasteiger partial charge < -0.3 is 4.90 Å². The lowest BCUT2D eigenvalue weighted by molar-refractivity contribution is -0.130. The zero-order valence-corrected chi connectivity index (χ0v) is 10.7. The van der Waals surface area contributed by atoms with Crippen LogP contribution in [0.4, 0.5) is 0 Å². The van der Waals surface area contributed by atoms with Gasteiger partial charge in [-0.05, 0) is 25.2 Å². The molecule has 1 aromatic rings. The Kier molecular flexibility index (Phi) is 3.94. The third-order valence-corrected chi connectivity index (χ3v) is 3.30. The second kappa shape index (κ2) is 5.45. The molecule has 1 saturated heterocycles. The molecule has 1 aliphatic rings. The standard InChI is InChI=1S/C12H16ClN3O/c1-9(17)16-4-2-3-10(8-16)5-11-6-14-7-12(13)15-11/h6-7,10H,2-5,8H2,1H3/t10-/m0/s1. The molecule has 1 amide bonds. The van der Waals surface area contributed by atoms with Crippen LogP contribution in [0.3, 0.4) is 0 Å². The van der Waals surface area contributed by atoms with E-state index < -0.39 is 0 Å². The van der Waals surface area contributed by atoms with Crippen LogP contribution in [-0.2, 0) is 11.2 Å². The number of halogens is 1. The van der Waals surface area contributed by atoms with Crippen molar-refractivity contribution in [2.24, 2.45) is 5.92 Å². The van der Waals surface area contributed by atoms with Gasteiger partial charge in [0, 0.05) is 26.2 Å². The minimum atomic E-state index is 0.159. The normalized spacial score (nSPS) is 20.4. The fourth-order valence-corrected chi connectivity index (χ4v) is 2.46. The molecule has 0 radical (unpaired) electrons. The maximum Gasteiger partial charge on any atom is 0.219 e. The molecule has 1 atom stereocenters. The van der Waals surface area contributed by atoms with Gasteiger partial charge in [0.05, 0.1) is 11.9 Å². The van der Waals surface area contributed by atoms with Crippen LogP contribution in [0.15, 0.2) is 12.4 Å². The summed E-state index contributed by atoms with van der Waals surface area (Å²) in [6.07, 6.45) is 6.33. The maximum atomic E-state index is 11.3. The zero-order chi connectivity index (χ0) is 12.3. The van der Waals surface area contributed by atoms with Crippen LogP contribution in [0.1, 0.15) is 25.5 Å². The molecule has 0 unspecified atom stereocenters. The zero-order valence-electron chi connectivity index (χ0n) is 9.90. The molecule has 0 aliphatic carbocycles. The molecular weight excluding hydrogens is 238 g/mol. The molecule has 1 fully saturated rings. The molecule has 0 saturated carbocycles. The van der Waals surface area contributed by atoms with Gasteiger partial charge in [-0.25, -0.2) is 4.98 Å². The van der Waals surface area contributed by atoms with E-state index in [-0.39, 0.29) is 5.91 Å². The Hall–Kier alpha value is -1.16. The average molecular weight is 254 g/mol. The molecule has 0 N–H and O–H groups in total. The topological polar surface area (TPSA) is 46.1 Å². The predicted molar refractivity (Wildman–Crippen MR) is 65.7 cm³/mol. The molecule has 17 heavy (non-hydrogen) atoms. The number of amides is 1. The highest BCUT2D eigenvalue weighted by atomic mass is 35.5. The molecule has 2 heterocycles. The Morgan fingerprint density at radius 2 is 2.41 bits per heavy atom. The SMILES string of the molecule is CC(=O)N1CCC[C@@H](Cc2cncc(Cl)n2)C1. The third-order valence-electron chi connectivity index (χ3n) is 3.12. The van der Waals surface area contributed by atoms with Gasteiger partial charge >= 0.3 is 0 Å². The quantitative estimate of drug-likeness (QED) is 0.809. The molecule has 0 bridgehead atoms. The molecule has 92 valence electrons. The second-order valence-corrected chi connectivity index (χ2v) is 4.90. The Morgan fingerprint density at radius 1 is 1.59 bits per heavy atom. The largest absolute Gasteiger partial charge is 0.343 e. The third kappa shape index (κ3) is 3.40. The van der Waals surface area contributed by atoms with Crippen molar-refractivity contribution in [2.45, 2.75) is 26.2 Å². The number of aromatic nitrogens is 2. The van der Waals surface area contributed by atoms with E-state index >= 15 is 0 Å². The van der Waals surface area contributed by atoms with Gasteiger partial charge in [-0.15, -0.1) is 0 Å². The van der Waals surface area contributed by atoms with Crippen LogP contribution < -0.4 is 0 Å². The summed E-state index contributed by atoms with van der Waals surface area (Å²) < 4.78 is 0. The monoisotopic (exact) mass is 253 g/mol. The molecular formula is C12H16ClN3O. The molecule has 0 aromatic carbocycles. The molecule has 0 spiro atoms. The molecule has 4 nitrogen and oxygen atoms in total. The molecule has 1 aromatic heterocycles. The van der Waals surface area contributed by atoms with Crippen LogP contribution >= 0.6 is 11.6 Å². The Labute approximate surface area is 106 Å². The van der Waals surface area contributed by atoms with Gasteiger partial charge in [0.15, 0.2) is 0 Å². The number of piperidine rings is 1. The van der Waals surface area contributed by atoms with E-state index in [0.29, 0.717) is 11.1 Å². The van der Waals surface area contributed by atoms with Gasteiger partial charge in [0.1, 0.15) is 5.15 Å². The predicted octanol–water partition coefficient (Wildman–Crippen LogP) is 1.93. The first-order chi connectivity index (χ1) is 8.15. The van der Waals surface area contributed by atoms with Crippen molar-refractivity contribution in [1.29, 1.82) is 0 Å². The number of nitrogens with zero attached hydrogens (tertiary/aromatic N) is 3. The maximum absolute atomic E-state index is 11.3. The number of hydrogen-bond donors (Lipinski definition) is 0. The van der Waals surface area contributed by atoms with Crippen molar-refractivity contribution in [2.75, 3.05) is 13.1 Å². The van der Waals surface area contributed by atoms with Gasteiger partial charge in [0.25, 0.3) is 0 Å². The summed E-state index contributed by atoms with van der Waals surface area (Å²) in [6.45, 7) is 3.33. The number of carbonyl (C=O) groups excluding carboxylic acids is 1. The summed E-state index contributed by atoms with van der Waals surface area (Å²) in [4.78, 5) is 21.5. The van der Waals surface area contributed by atoms with E-state index in [4.69, 9.17) is 11.6 Å². The van der Waals surface area contributed by atoms with Gasteiger partial charge in [0.2, 0.25) is 5.91 Å². The lowest BCUT2D eigenvalue weighted by Gasteiger charge is -2.31. The van der Waals surface area contributed by atoms with E-state index in [1.807, 2.05) is 4.90 Å². The van der Waals surface area contributed by atoms with Crippen molar-refractivity contribution in [3.63, 3.8) is 0 Å². The van der Waals surface area contributed by atoms with Crippen LogP contribution in [-0.4, -0.2) is 33.9 Å². The lowest BCUT2D eigenvalue weighted by Crippen LogP contribution is -2.39. The summed E-state index contributed by atoms with van der Waals surface area (Å²) in [5, 5.41) is 0.432. The Morgan fingerprint density at radius 3 is 3.12 bits per heavy atom. The van der Waals surface area contributed by atoms with Crippen molar-refractivity contribution in [1.82, 2.24) is 14.9 Å². The van der Waals surface area contributed by atoms with Crippen LogP contribution in [0.5, 0.6) is 0 Å². The highest BCUT2D eigenvalue weighted by molar-refractivity contribution is 6.29. The van der Waals surface area contributed by atoms with E-state index in [9.17, 15) is 4.79 Å². The van der Waals surface area contributed by atoms with Crippen LogP contribution in [0.2, 0.25) is 5.15 Å². The van der Waals surface area contributed by atoms with Gasteiger partial charge in [-0.1, -0.05) is 11.6 Å². The Balaban J connectivity index is 1.97. The van der Waals surface area contributed by atoms with Crippen molar-refractivity contribution in [3.05, 3.63) is 23.2 Å². The van der Waals surface area contributed by atoms with E-state index in [1.54, 1.807) is 13.1 Å². The smallest absolute Gasteiger partial charge is 0.219 e. The molecule has 5 heteroatoms. The summed E-state index contributed by atoms with van der Waals surface area (Å²) in [6, 6.07) is 0. The number of likely N-dealkylation sites (tertiary alicyclic amines) is 1. The molecule has 2 rings (SSSR count).